The van der Waals surface area contributed by atoms with Crippen LogP contribution in [0.15, 0.2) is 48.5 Å². The molecule has 1 unspecified atom stereocenters. The number of fused-ring (bicyclic) bond motifs is 1. The van der Waals surface area contributed by atoms with E-state index in [0.29, 0.717) is 11.3 Å². The number of alkyl halides is 3. The standard InChI is InChI=1S/C19H17F3N2O2/c1-24(11-12-6-2-4-8-15(12)19(20,21)22)18(26)14-10-17(25)23-16-9-5-3-7-13(14)16/h2-9,14H,10-11H2,1H3,(H,23,25). The lowest BCUT2D eigenvalue weighted by molar-refractivity contribution is -0.140. The van der Waals surface area contributed by atoms with Crippen LogP contribution in [0.2, 0.25) is 0 Å². The number of hydrogen-bond acceptors (Lipinski definition) is 2. The van der Waals surface area contributed by atoms with Crippen molar-refractivity contribution in [3.05, 3.63) is 65.2 Å². The molecule has 136 valence electrons. The highest BCUT2D eigenvalue weighted by molar-refractivity contribution is 6.01. The first-order chi connectivity index (χ1) is 12.3. The van der Waals surface area contributed by atoms with Gasteiger partial charge in [-0.05, 0) is 23.3 Å². The molecule has 0 bridgehead atoms. The maximum atomic E-state index is 13.1. The molecular weight excluding hydrogens is 345 g/mol. The molecule has 1 aliphatic rings. The lowest BCUT2D eigenvalue weighted by Crippen LogP contribution is -2.36. The normalized spacial score (nSPS) is 16.6. The van der Waals surface area contributed by atoms with Gasteiger partial charge >= 0.3 is 6.18 Å². The molecule has 2 amide bonds. The second kappa shape index (κ2) is 6.82. The second-order valence-corrected chi connectivity index (χ2v) is 6.24. The Kier molecular flexibility index (Phi) is 4.71. The van der Waals surface area contributed by atoms with E-state index in [9.17, 15) is 22.8 Å². The highest BCUT2D eigenvalue weighted by atomic mass is 19.4. The minimum atomic E-state index is -4.49. The molecule has 4 nitrogen and oxygen atoms in total. The Bertz CT molecular complexity index is 849. The number of hydrogen-bond donors (Lipinski definition) is 1. The molecule has 0 saturated carbocycles. The Morgan fingerprint density at radius 3 is 2.54 bits per heavy atom. The molecule has 1 N–H and O–H groups in total. The van der Waals surface area contributed by atoms with Crippen molar-refractivity contribution < 1.29 is 22.8 Å². The van der Waals surface area contributed by atoms with E-state index < -0.39 is 17.7 Å². The molecule has 3 rings (SSSR count). The van der Waals surface area contributed by atoms with Gasteiger partial charge in [-0.1, -0.05) is 36.4 Å². The summed E-state index contributed by atoms with van der Waals surface area (Å²) in [6, 6.07) is 12.1. The van der Waals surface area contributed by atoms with E-state index >= 15 is 0 Å². The zero-order chi connectivity index (χ0) is 18.9. The molecule has 1 heterocycles. The number of para-hydroxylation sites is 1. The van der Waals surface area contributed by atoms with Gasteiger partial charge in [-0.3, -0.25) is 9.59 Å². The second-order valence-electron chi connectivity index (χ2n) is 6.24. The van der Waals surface area contributed by atoms with Crippen molar-refractivity contribution in [2.24, 2.45) is 0 Å². The lowest BCUT2D eigenvalue weighted by atomic mass is 9.89. The van der Waals surface area contributed by atoms with E-state index in [0.717, 1.165) is 6.07 Å². The van der Waals surface area contributed by atoms with Gasteiger partial charge in [0.2, 0.25) is 11.8 Å². The third-order valence-corrected chi connectivity index (χ3v) is 4.40. The highest BCUT2D eigenvalue weighted by Crippen LogP contribution is 2.35. The molecule has 0 saturated heterocycles. The number of amides is 2. The summed E-state index contributed by atoms with van der Waals surface area (Å²) in [6.45, 7) is -0.186. The van der Waals surface area contributed by atoms with Gasteiger partial charge in [0, 0.05) is 25.7 Å². The minimum Gasteiger partial charge on any atom is -0.341 e. The molecule has 0 spiro atoms. The summed E-state index contributed by atoms with van der Waals surface area (Å²) in [5, 5.41) is 2.70. The number of likely N-dealkylation sites (N-methyl/N-ethyl adjacent to an activating group) is 1. The van der Waals surface area contributed by atoms with Crippen LogP contribution in [-0.2, 0) is 22.3 Å². The Balaban J connectivity index is 1.85. The van der Waals surface area contributed by atoms with Crippen LogP contribution in [0.25, 0.3) is 0 Å². The number of carbonyl (C=O) groups is 2. The average molecular weight is 362 g/mol. The number of rotatable bonds is 3. The first kappa shape index (κ1) is 18.0. The SMILES string of the molecule is CN(Cc1ccccc1C(F)(F)F)C(=O)C1CC(=O)Nc2ccccc21. The minimum absolute atomic E-state index is 0.0180. The summed E-state index contributed by atoms with van der Waals surface area (Å²) in [4.78, 5) is 26.0. The predicted molar refractivity (Wildman–Crippen MR) is 90.3 cm³/mol. The Labute approximate surface area is 148 Å². The van der Waals surface area contributed by atoms with E-state index in [-0.39, 0.29) is 30.3 Å². The van der Waals surface area contributed by atoms with Crippen molar-refractivity contribution in [3.8, 4) is 0 Å². The van der Waals surface area contributed by atoms with Gasteiger partial charge in [-0.15, -0.1) is 0 Å². The van der Waals surface area contributed by atoms with Crippen LogP contribution in [0.3, 0.4) is 0 Å². The number of benzene rings is 2. The lowest BCUT2D eigenvalue weighted by Gasteiger charge is -2.29. The summed E-state index contributed by atoms with van der Waals surface area (Å²) in [5.41, 5.74) is 0.491. The number of carbonyl (C=O) groups excluding carboxylic acids is 2. The molecule has 0 aromatic heterocycles. The maximum absolute atomic E-state index is 13.1. The van der Waals surface area contributed by atoms with Gasteiger partial charge in [0.15, 0.2) is 0 Å². The average Bonchev–Trinajstić information content (AvgIpc) is 2.59. The molecule has 1 atom stereocenters. The van der Waals surface area contributed by atoms with E-state index in [2.05, 4.69) is 5.32 Å². The fourth-order valence-corrected chi connectivity index (χ4v) is 3.17. The Morgan fingerprint density at radius 1 is 1.15 bits per heavy atom. The smallest absolute Gasteiger partial charge is 0.341 e. The zero-order valence-corrected chi connectivity index (χ0v) is 14.0. The van der Waals surface area contributed by atoms with Crippen molar-refractivity contribution in [3.63, 3.8) is 0 Å². The van der Waals surface area contributed by atoms with Crippen LogP contribution < -0.4 is 5.32 Å². The van der Waals surface area contributed by atoms with Gasteiger partial charge < -0.3 is 10.2 Å². The highest BCUT2D eigenvalue weighted by Gasteiger charge is 2.35. The number of nitrogens with zero attached hydrogens (tertiary/aromatic N) is 1. The monoisotopic (exact) mass is 362 g/mol. The predicted octanol–water partition coefficient (Wildman–Crippen LogP) is 3.79. The molecule has 2 aromatic rings. The zero-order valence-electron chi connectivity index (χ0n) is 14.0. The molecule has 0 fully saturated rings. The first-order valence-corrected chi connectivity index (χ1v) is 8.06. The van der Waals surface area contributed by atoms with Gasteiger partial charge in [0.1, 0.15) is 0 Å². The Morgan fingerprint density at radius 2 is 1.81 bits per heavy atom. The quantitative estimate of drug-likeness (QED) is 0.903. The van der Waals surface area contributed by atoms with Crippen molar-refractivity contribution in [1.29, 1.82) is 0 Å². The van der Waals surface area contributed by atoms with Gasteiger partial charge in [-0.2, -0.15) is 13.2 Å². The summed E-state index contributed by atoms with van der Waals surface area (Å²) in [5.74, 6) is -1.38. The van der Waals surface area contributed by atoms with E-state index in [1.165, 1.54) is 30.1 Å². The number of anilines is 1. The summed E-state index contributed by atoms with van der Waals surface area (Å²) in [7, 11) is 1.45. The van der Waals surface area contributed by atoms with Crippen LogP contribution in [0.4, 0.5) is 18.9 Å². The van der Waals surface area contributed by atoms with E-state index in [4.69, 9.17) is 0 Å². The summed E-state index contributed by atoms with van der Waals surface area (Å²) < 4.78 is 39.4. The topological polar surface area (TPSA) is 49.4 Å². The van der Waals surface area contributed by atoms with Crippen molar-refractivity contribution in [2.75, 3.05) is 12.4 Å². The van der Waals surface area contributed by atoms with Crippen LogP contribution >= 0.6 is 0 Å². The van der Waals surface area contributed by atoms with Crippen LogP contribution in [0.1, 0.15) is 29.0 Å². The van der Waals surface area contributed by atoms with Crippen molar-refractivity contribution >= 4 is 17.5 Å². The molecule has 0 radical (unpaired) electrons. The molecule has 1 aliphatic heterocycles. The Hall–Kier alpha value is -2.83. The molecular formula is C19H17F3N2O2. The van der Waals surface area contributed by atoms with Crippen LogP contribution in [0.5, 0.6) is 0 Å². The van der Waals surface area contributed by atoms with Gasteiger partial charge in [0.25, 0.3) is 0 Å². The molecule has 7 heteroatoms. The van der Waals surface area contributed by atoms with Crippen LogP contribution in [0, 0.1) is 0 Å². The molecule has 26 heavy (non-hydrogen) atoms. The van der Waals surface area contributed by atoms with Gasteiger partial charge in [0.05, 0.1) is 11.5 Å². The molecule has 0 aliphatic carbocycles. The maximum Gasteiger partial charge on any atom is 0.416 e. The molecule has 2 aromatic carbocycles. The van der Waals surface area contributed by atoms with Gasteiger partial charge in [-0.25, -0.2) is 0 Å². The first-order valence-electron chi connectivity index (χ1n) is 8.06. The summed E-state index contributed by atoms with van der Waals surface area (Å²) >= 11 is 0. The summed E-state index contributed by atoms with van der Waals surface area (Å²) in [6.07, 6.45) is -4.51. The van der Waals surface area contributed by atoms with Crippen molar-refractivity contribution in [2.45, 2.75) is 25.1 Å². The number of halogens is 3. The van der Waals surface area contributed by atoms with Crippen molar-refractivity contribution in [1.82, 2.24) is 4.90 Å². The van der Waals surface area contributed by atoms with E-state index in [1.807, 2.05) is 0 Å². The largest absolute Gasteiger partial charge is 0.416 e. The third kappa shape index (κ3) is 3.56. The third-order valence-electron chi connectivity index (χ3n) is 4.40. The number of nitrogens with one attached hydrogen (secondary N) is 1. The fourth-order valence-electron chi connectivity index (χ4n) is 3.17. The fraction of sp³-hybridized carbons (Fsp3) is 0.263. The van der Waals surface area contributed by atoms with Crippen LogP contribution in [-0.4, -0.2) is 23.8 Å². The van der Waals surface area contributed by atoms with E-state index in [1.54, 1.807) is 24.3 Å².